The zero-order chi connectivity index (χ0) is 22.5. The van der Waals surface area contributed by atoms with E-state index in [0.29, 0.717) is 42.3 Å². The highest BCUT2D eigenvalue weighted by Gasteiger charge is 2.26. The number of anilines is 1. The lowest BCUT2D eigenvalue weighted by atomic mass is 9.93. The fourth-order valence-corrected chi connectivity index (χ4v) is 3.63. The van der Waals surface area contributed by atoms with Crippen LogP contribution in [0.5, 0.6) is 11.5 Å². The van der Waals surface area contributed by atoms with E-state index in [-0.39, 0.29) is 12.1 Å². The first-order valence-electron chi connectivity index (χ1n) is 10.2. The van der Waals surface area contributed by atoms with Crippen LogP contribution in [0.15, 0.2) is 36.4 Å². The van der Waals surface area contributed by atoms with E-state index in [1.54, 1.807) is 27.3 Å². The fraction of sp³-hybridized carbons (Fsp3) is 0.391. The SMILES string of the molecule is CNC(=O)N[C@H](C)Cc1cc(OC)c(OC)cc1C(=N)c1ccc(N2CC(F)C2)cc1. The third-order valence-corrected chi connectivity index (χ3v) is 5.37. The predicted octanol–water partition coefficient (Wildman–Crippen LogP) is 3.14. The van der Waals surface area contributed by atoms with Crippen molar-refractivity contribution in [2.75, 3.05) is 39.3 Å². The number of rotatable bonds is 8. The number of nitrogens with zero attached hydrogens (tertiary/aromatic N) is 1. The Morgan fingerprint density at radius 1 is 1.19 bits per heavy atom. The molecule has 1 saturated heterocycles. The number of hydrogen-bond acceptors (Lipinski definition) is 5. The van der Waals surface area contributed by atoms with E-state index in [1.165, 1.54) is 0 Å². The largest absolute Gasteiger partial charge is 0.493 e. The summed E-state index contributed by atoms with van der Waals surface area (Å²) in [5.41, 5.74) is 3.58. The topological polar surface area (TPSA) is 86.7 Å². The van der Waals surface area contributed by atoms with E-state index in [4.69, 9.17) is 14.9 Å². The van der Waals surface area contributed by atoms with Gasteiger partial charge in [-0.2, -0.15) is 0 Å². The lowest BCUT2D eigenvalue weighted by Crippen LogP contribution is -2.48. The maximum Gasteiger partial charge on any atom is 0.314 e. The van der Waals surface area contributed by atoms with Gasteiger partial charge >= 0.3 is 6.03 Å². The quantitative estimate of drug-likeness (QED) is 0.564. The molecule has 0 unspecified atom stereocenters. The lowest BCUT2D eigenvalue weighted by Gasteiger charge is -2.36. The van der Waals surface area contributed by atoms with Gasteiger partial charge in [0.25, 0.3) is 0 Å². The maximum absolute atomic E-state index is 13.1. The third kappa shape index (κ3) is 5.07. The van der Waals surface area contributed by atoms with E-state index in [0.717, 1.165) is 16.8 Å². The highest BCUT2D eigenvalue weighted by molar-refractivity contribution is 6.12. The van der Waals surface area contributed by atoms with Crippen LogP contribution in [-0.4, -0.2) is 58.3 Å². The van der Waals surface area contributed by atoms with E-state index in [2.05, 4.69) is 10.6 Å². The summed E-state index contributed by atoms with van der Waals surface area (Å²) in [6.07, 6.45) is -0.257. The molecule has 1 aliphatic rings. The number of benzene rings is 2. The minimum Gasteiger partial charge on any atom is -0.493 e. The molecule has 166 valence electrons. The molecule has 31 heavy (non-hydrogen) atoms. The molecule has 0 bridgehead atoms. The molecule has 7 nitrogen and oxygen atoms in total. The van der Waals surface area contributed by atoms with Crippen LogP contribution in [-0.2, 0) is 6.42 Å². The van der Waals surface area contributed by atoms with Crippen molar-refractivity contribution in [2.45, 2.75) is 25.6 Å². The number of ether oxygens (including phenoxy) is 2. The van der Waals surface area contributed by atoms with E-state index < -0.39 is 6.17 Å². The molecule has 1 atom stereocenters. The number of carbonyl (C=O) groups is 1. The zero-order valence-corrected chi connectivity index (χ0v) is 18.3. The molecule has 2 aromatic rings. The van der Waals surface area contributed by atoms with E-state index in [1.807, 2.05) is 42.2 Å². The van der Waals surface area contributed by atoms with Crippen LogP contribution < -0.4 is 25.0 Å². The monoisotopic (exact) mass is 428 g/mol. The molecule has 0 spiro atoms. The summed E-state index contributed by atoms with van der Waals surface area (Å²) in [6, 6.07) is 10.8. The second-order valence-corrected chi connectivity index (χ2v) is 7.62. The van der Waals surface area contributed by atoms with Gasteiger partial charge in [0.15, 0.2) is 11.5 Å². The molecule has 8 heteroatoms. The summed E-state index contributed by atoms with van der Waals surface area (Å²) < 4.78 is 24.0. The third-order valence-electron chi connectivity index (χ3n) is 5.37. The Morgan fingerprint density at radius 2 is 1.81 bits per heavy atom. The van der Waals surface area contributed by atoms with Gasteiger partial charge < -0.3 is 25.0 Å². The second-order valence-electron chi connectivity index (χ2n) is 7.62. The summed E-state index contributed by atoms with van der Waals surface area (Å²) in [5, 5.41) is 14.2. The molecule has 0 aliphatic carbocycles. The maximum atomic E-state index is 13.1. The molecule has 1 aliphatic heterocycles. The van der Waals surface area contributed by atoms with Gasteiger partial charge in [-0.05, 0) is 43.2 Å². The van der Waals surface area contributed by atoms with Crippen molar-refractivity contribution in [1.82, 2.24) is 10.6 Å². The van der Waals surface area contributed by atoms with Crippen LogP contribution in [0.1, 0.15) is 23.6 Å². The summed E-state index contributed by atoms with van der Waals surface area (Å²) in [6.45, 7) is 2.72. The van der Waals surface area contributed by atoms with Crippen molar-refractivity contribution in [1.29, 1.82) is 5.41 Å². The summed E-state index contributed by atoms with van der Waals surface area (Å²) in [4.78, 5) is 13.6. The first-order chi connectivity index (χ1) is 14.9. The number of amides is 2. The van der Waals surface area contributed by atoms with Crippen LogP contribution >= 0.6 is 0 Å². The van der Waals surface area contributed by atoms with Crippen LogP contribution in [0.25, 0.3) is 0 Å². The molecule has 1 fully saturated rings. The van der Waals surface area contributed by atoms with E-state index >= 15 is 0 Å². The van der Waals surface area contributed by atoms with Crippen molar-refractivity contribution >= 4 is 17.4 Å². The molecule has 0 saturated carbocycles. The number of nitrogens with one attached hydrogen (secondary N) is 3. The molecule has 2 amide bonds. The zero-order valence-electron chi connectivity index (χ0n) is 18.3. The fourth-order valence-electron chi connectivity index (χ4n) is 3.63. The molecule has 3 rings (SSSR count). The number of methoxy groups -OCH3 is 2. The number of urea groups is 1. The summed E-state index contributed by atoms with van der Waals surface area (Å²) in [7, 11) is 4.69. The van der Waals surface area contributed by atoms with Crippen molar-refractivity contribution in [2.24, 2.45) is 0 Å². The Morgan fingerprint density at radius 3 is 2.35 bits per heavy atom. The van der Waals surface area contributed by atoms with Crippen LogP contribution in [0.3, 0.4) is 0 Å². The number of alkyl halides is 1. The van der Waals surface area contributed by atoms with Crippen molar-refractivity contribution in [3.05, 3.63) is 53.1 Å². The van der Waals surface area contributed by atoms with Crippen LogP contribution in [0, 0.1) is 5.41 Å². The number of halogens is 1. The Bertz CT molecular complexity index is 943. The Labute approximate surface area is 182 Å². The Balaban J connectivity index is 1.89. The molecular weight excluding hydrogens is 399 g/mol. The highest BCUT2D eigenvalue weighted by atomic mass is 19.1. The van der Waals surface area contributed by atoms with Crippen molar-refractivity contribution in [3.63, 3.8) is 0 Å². The van der Waals surface area contributed by atoms with Crippen molar-refractivity contribution < 1.29 is 18.7 Å². The molecule has 0 radical (unpaired) electrons. The van der Waals surface area contributed by atoms with Gasteiger partial charge in [-0.15, -0.1) is 0 Å². The minimum absolute atomic E-state index is 0.160. The normalized spacial score (nSPS) is 14.4. The van der Waals surface area contributed by atoms with Gasteiger partial charge in [-0.25, -0.2) is 9.18 Å². The van der Waals surface area contributed by atoms with Gasteiger partial charge in [-0.3, -0.25) is 5.41 Å². The molecule has 0 aromatic heterocycles. The standard InChI is InChI=1S/C23H29FN4O3/c1-14(27-23(29)26-2)9-16-10-20(30-3)21(31-4)11-19(16)22(25)15-5-7-18(8-6-15)28-12-17(24)13-28/h5-8,10-11,14,17,25H,9,12-13H2,1-4H3,(H2,26,27,29)/t14-/m1/s1. The number of carbonyl (C=O) groups excluding carboxylic acids is 1. The first-order valence-corrected chi connectivity index (χ1v) is 10.2. The van der Waals surface area contributed by atoms with Gasteiger partial charge in [0.1, 0.15) is 6.17 Å². The van der Waals surface area contributed by atoms with Gasteiger partial charge in [0, 0.05) is 29.9 Å². The summed E-state index contributed by atoms with van der Waals surface area (Å²) in [5.74, 6) is 1.10. The molecule has 1 heterocycles. The average molecular weight is 429 g/mol. The second kappa shape index (κ2) is 9.68. The van der Waals surface area contributed by atoms with Crippen molar-refractivity contribution in [3.8, 4) is 11.5 Å². The smallest absolute Gasteiger partial charge is 0.314 e. The average Bonchev–Trinajstić information content (AvgIpc) is 2.76. The summed E-state index contributed by atoms with van der Waals surface area (Å²) >= 11 is 0. The molecule has 3 N–H and O–H groups in total. The first kappa shape index (κ1) is 22.4. The van der Waals surface area contributed by atoms with Gasteiger partial charge in [0.05, 0.1) is 33.0 Å². The minimum atomic E-state index is -0.766. The molecular formula is C23H29FN4O3. The highest BCUT2D eigenvalue weighted by Crippen LogP contribution is 2.33. The van der Waals surface area contributed by atoms with E-state index in [9.17, 15) is 9.18 Å². The Kier molecular flexibility index (Phi) is 6.99. The van der Waals surface area contributed by atoms with Crippen LogP contribution in [0.2, 0.25) is 0 Å². The van der Waals surface area contributed by atoms with Gasteiger partial charge in [0.2, 0.25) is 0 Å². The molecule has 2 aromatic carbocycles. The predicted molar refractivity (Wildman–Crippen MR) is 120 cm³/mol. The van der Waals surface area contributed by atoms with Gasteiger partial charge in [-0.1, -0.05) is 12.1 Å². The number of hydrogen-bond donors (Lipinski definition) is 3. The lowest BCUT2D eigenvalue weighted by molar-refractivity contribution is 0.239. The van der Waals surface area contributed by atoms with Crippen LogP contribution in [0.4, 0.5) is 14.9 Å². The Hall–Kier alpha value is -3.29.